The predicted molar refractivity (Wildman–Crippen MR) is 63.9 cm³/mol. The molecule has 0 atom stereocenters. The highest BCUT2D eigenvalue weighted by atomic mass is 16.5. The van der Waals surface area contributed by atoms with Crippen LogP contribution in [0.5, 0.6) is 5.75 Å². The quantitative estimate of drug-likeness (QED) is 0.808. The van der Waals surface area contributed by atoms with E-state index in [1.54, 1.807) is 7.11 Å². The molecule has 3 N–H and O–H groups in total. The van der Waals surface area contributed by atoms with Gasteiger partial charge in [0, 0.05) is 11.6 Å². The second-order valence-electron chi connectivity index (χ2n) is 3.62. The molecule has 1 aromatic carbocycles. The van der Waals surface area contributed by atoms with Crippen molar-refractivity contribution in [1.29, 1.82) is 0 Å². The lowest BCUT2D eigenvalue weighted by Gasteiger charge is -2.04. The van der Waals surface area contributed by atoms with Gasteiger partial charge in [-0.2, -0.15) is 0 Å². The SMILES string of the molecule is COc1ccc2cc(CCN)c(=O)[nH]c2c1. The molecule has 0 saturated carbocycles. The lowest BCUT2D eigenvalue weighted by Crippen LogP contribution is -2.16. The summed E-state index contributed by atoms with van der Waals surface area (Å²) in [6.45, 7) is 0.477. The van der Waals surface area contributed by atoms with Crippen LogP contribution in [0.25, 0.3) is 10.9 Å². The smallest absolute Gasteiger partial charge is 0.251 e. The highest BCUT2D eigenvalue weighted by molar-refractivity contribution is 5.80. The van der Waals surface area contributed by atoms with Gasteiger partial charge in [-0.25, -0.2) is 0 Å². The summed E-state index contributed by atoms with van der Waals surface area (Å²) in [5.41, 5.74) is 6.87. The summed E-state index contributed by atoms with van der Waals surface area (Å²) in [7, 11) is 1.60. The zero-order valence-corrected chi connectivity index (χ0v) is 9.12. The van der Waals surface area contributed by atoms with Crippen molar-refractivity contribution in [3.8, 4) is 5.75 Å². The first-order valence-electron chi connectivity index (χ1n) is 5.14. The summed E-state index contributed by atoms with van der Waals surface area (Å²) in [6, 6.07) is 7.47. The number of nitrogens with one attached hydrogen (secondary N) is 1. The Kier molecular flexibility index (Phi) is 2.92. The van der Waals surface area contributed by atoms with E-state index >= 15 is 0 Å². The highest BCUT2D eigenvalue weighted by Crippen LogP contribution is 2.18. The third-order valence-electron chi connectivity index (χ3n) is 2.54. The van der Waals surface area contributed by atoms with Gasteiger partial charge >= 0.3 is 0 Å². The first-order chi connectivity index (χ1) is 7.74. The van der Waals surface area contributed by atoms with Gasteiger partial charge in [0.05, 0.1) is 12.6 Å². The molecule has 2 aromatic rings. The van der Waals surface area contributed by atoms with Crippen LogP contribution in [-0.4, -0.2) is 18.6 Å². The van der Waals surface area contributed by atoms with Crippen molar-refractivity contribution in [2.75, 3.05) is 13.7 Å². The molecular weight excluding hydrogens is 204 g/mol. The number of H-pyrrole nitrogens is 1. The van der Waals surface area contributed by atoms with E-state index in [1.165, 1.54) is 0 Å². The van der Waals surface area contributed by atoms with Crippen LogP contribution in [0.15, 0.2) is 29.1 Å². The Labute approximate surface area is 93.0 Å². The maximum atomic E-state index is 11.7. The van der Waals surface area contributed by atoms with Gasteiger partial charge in [0.25, 0.3) is 5.56 Å². The standard InChI is InChI=1S/C12H14N2O2/c1-16-10-3-2-8-6-9(4-5-13)12(15)14-11(8)7-10/h2-3,6-7H,4-5,13H2,1H3,(H,14,15). The number of aromatic amines is 1. The summed E-state index contributed by atoms with van der Waals surface area (Å²) < 4.78 is 5.10. The number of hydrogen-bond acceptors (Lipinski definition) is 3. The van der Waals surface area contributed by atoms with Crippen LogP contribution in [0.1, 0.15) is 5.56 Å². The molecule has 0 saturated heterocycles. The third-order valence-corrected chi connectivity index (χ3v) is 2.54. The Bertz CT molecular complexity index is 560. The van der Waals surface area contributed by atoms with Gasteiger partial charge < -0.3 is 15.5 Å². The predicted octanol–water partition coefficient (Wildman–Crippen LogP) is 1.04. The zero-order valence-electron chi connectivity index (χ0n) is 9.12. The molecule has 84 valence electrons. The fraction of sp³-hybridized carbons (Fsp3) is 0.250. The number of aromatic nitrogens is 1. The Balaban J connectivity index is 2.59. The lowest BCUT2D eigenvalue weighted by atomic mass is 10.1. The van der Waals surface area contributed by atoms with E-state index in [-0.39, 0.29) is 5.56 Å². The van der Waals surface area contributed by atoms with E-state index in [2.05, 4.69) is 4.98 Å². The Morgan fingerprint density at radius 1 is 1.38 bits per heavy atom. The highest BCUT2D eigenvalue weighted by Gasteiger charge is 2.03. The number of ether oxygens (including phenoxy) is 1. The Morgan fingerprint density at radius 2 is 2.19 bits per heavy atom. The molecule has 1 heterocycles. The molecule has 2 rings (SSSR count). The number of fused-ring (bicyclic) bond motifs is 1. The minimum absolute atomic E-state index is 0.0776. The van der Waals surface area contributed by atoms with Gasteiger partial charge in [-0.3, -0.25) is 4.79 Å². The van der Waals surface area contributed by atoms with Crippen LogP contribution in [0.3, 0.4) is 0 Å². The average Bonchev–Trinajstić information content (AvgIpc) is 2.30. The van der Waals surface area contributed by atoms with Gasteiger partial charge in [-0.15, -0.1) is 0 Å². The summed E-state index contributed by atoms with van der Waals surface area (Å²) in [4.78, 5) is 14.5. The molecule has 16 heavy (non-hydrogen) atoms. The fourth-order valence-corrected chi connectivity index (χ4v) is 1.69. The van der Waals surface area contributed by atoms with Gasteiger partial charge in [-0.05, 0) is 36.6 Å². The van der Waals surface area contributed by atoms with Gasteiger partial charge in [0.2, 0.25) is 0 Å². The van der Waals surface area contributed by atoms with E-state index < -0.39 is 0 Å². The largest absolute Gasteiger partial charge is 0.497 e. The summed E-state index contributed by atoms with van der Waals surface area (Å²) in [5, 5.41) is 0.990. The Hall–Kier alpha value is -1.81. The van der Waals surface area contributed by atoms with Crippen molar-refractivity contribution in [2.24, 2.45) is 5.73 Å². The molecule has 0 aliphatic heterocycles. The molecule has 0 aliphatic carbocycles. The first-order valence-corrected chi connectivity index (χ1v) is 5.14. The molecule has 0 amide bonds. The molecular formula is C12H14N2O2. The van der Waals surface area contributed by atoms with Gasteiger partial charge in [0.1, 0.15) is 5.75 Å². The van der Waals surface area contributed by atoms with Crippen LogP contribution in [0.2, 0.25) is 0 Å². The number of pyridine rings is 1. The molecule has 0 unspecified atom stereocenters. The summed E-state index contributed by atoms with van der Waals surface area (Å²) >= 11 is 0. The lowest BCUT2D eigenvalue weighted by molar-refractivity contribution is 0.415. The number of hydrogen-bond donors (Lipinski definition) is 2. The first kappa shape index (κ1) is 10.7. The van der Waals surface area contributed by atoms with E-state index in [9.17, 15) is 4.79 Å². The van der Waals surface area contributed by atoms with Crippen molar-refractivity contribution < 1.29 is 4.74 Å². The van der Waals surface area contributed by atoms with Gasteiger partial charge in [0.15, 0.2) is 0 Å². The summed E-state index contributed by atoms with van der Waals surface area (Å²) in [6.07, 6.45) is 0.595. The minimum Gasteiger partial charge on any atom is -0.497 e. The maximum absolute atomic E-state index is 11.7. The van der Waals surface area contributed by atoms with E-state index in [1.807, 2.05) is 24.3 Å². The van der Waals surface area contributed by atoms with E-state index in [0.29, 0.717) is 13.0 Å². The van der Waals surface area contributed by atoms with Crippen LogP contribution in [-0.2, 0) is 6.42 Å². The van der Waals surface area contributed by atoms with E-state index in [4.69, 9.17) is 10.5 Å². The number of benzene rings is 1. The molecule has 0 spiro atoms. The van der Waals surface area contributed by atoms with Crippen molar-refractivity contribution in [3.63, 3.8) is 0 Å². The van der Waals surface area contributed by atoms with Gasteiger partial charge in [-0.1, -0.05) is 0 Å². The van der Waals surface area contributed by atoms with Crippen LogP contribution in [0, 0.1) is 0 Å². The van der Waals surface area contributed by atoms with Crippen molar-refractivity contribution >= 4 is 10.9 Å². The van der Waals surface area contributed by atoms with Crippen LogP contribution in [0.4, 0.5) is 0 Å². The molecule has 1 aromatic heterocycles. The van der Waals surface area contributed by atoms with Crippen LogP contribution >= 0.6 is 0 Å². The zero-order chi connectivity index (χ0) is 11.5. The summed E-state index contributed by atoms with van der Waals surface area (Å²) in [5.74, 6) is 0.731. The molecule has 0 bridgehead atoms. The molecule has 0 fully saturated rings. The van der Waals surface area contributed by atoms with Crippen molar-refractivity contribution in [2.45, 2.75) is 6.42 Å². The average molecular weight is 218 g/mol. The van der Waals surface area contributed by atoms with E-state index in [0.717, 1.165) is 22.2 Å². The normalized spacial score (nSPS) is 10.6. The molecule has 0 aliphatic rings. The Morgan fingerprint density at radius 3 is 2.88 bits per heavy atom. The second-order valence-corrected chi connectivity index (χ2v) is 3.62. The second kappa shape index (κ2) is 4.37. The topological polar surface area (TPSA) is 68.1 Å². The maximum Gasteiger partial charge on any atom is 0.251 e. The molecule has 4 heteroatoms. The molecule has 4 nitrogen and oxygen atoms in total. The van der Waals surface area contributed by atoms with Crippen LogP contribution < -0.4 is 16.0 Å². The van der Waals surface area contributed by atoms with Crippen molar-refractivity contribution in [1.82, 2.24) is 4.98 Å². The van der Waals surface area contributed by atoms with Crippen molar-refractivity contribution in [3.05, 3.63) is 40.2 Å². The minimum atomic E-state index is -0.0776. The third kappa shape index (κ3) is 1.92. The molecule has 0 radical (unpaired) electrons. The number of methoxy groups -OCH3 is 1. The number of nitrogens with two attached hydrogens (primary N) is 1. The number of rotatable bonds is 3. The fourth-order valence-electron chi connectivity index (χ4n) is 1.69. The monoisotopic (exact) mass is 218 g/mol.